The van der Waals surface area contributed by atoms with Crippen LogP contribution in [0.2, 0.25) is 0 Å². The van der Waals surface area contributed by atoms with E-state index in [-0.39, 0.29) is 23.5 Å². The molecule has 2 saturated heterocycles. The molecule has 7 atom stereocenters. The molecule has 50 heavy (non-hydrogen) atoms. The van der Waals surface area contributed by atoms with Gasteiger partial charge in [0.2, 0.25) is 5.76 Å². The Labute approximate surface area is 292 Å². The molecule has 4 N–H and O–H groups in total. The molecule has 0 amide bonds. The normalized spacial score (nSPS) is 27.6. The van der Waals surface area contributed by atoms with Gasteiger partial charge >= 0.3 is 23.9 Å². The van der Waals surface area contributed by atoms with Crippen molar-refractivity contribution in [3.05, 3.63) is 83.4 Å². The van der Waals surface area contributed by atoms with Gasteiger partial charge in [0.1, 0.15) is 18.0 Å². The van der Waals surface area contributed by atoms with Crippen molar-refractivity contribution in [2.75, 3.05) is 0 Å². The fourth-order valence-corrected chi connectivity index (χ4v) is 6.12. The fraction of sp³-hybridized carbons (Fsp3) is 0.526. The minimum absolute atomic E-state index is 0.0408. The first-order valence-electron chi connectivity index (χ1n) is 17.0. The number of aliphatic hydroxyl groups excluding tert-OH is 1. The molecule has 274 valence electrons. The Morgan fingerprint density at radius 2 is 1.74 bits per heavy atom. The summed E-state index contributed by atoms with van der Waals surface area (Å²) in [4.78, 5) is 46.9. The highest BCUT2D eigenvalue weighted by molar-refractivity contribution is 5.93. The van der Waals surface area contributed by atoms with Gasteiger partial charge in [0.05, 0.1) is 17.8 Å². The van der Waals surface area contributed by atoms with Crippen molar-refractivity contribution in [1.29, 1.82) is 0 Å². The van der Waals surface area contributed by atoms with E-state index in [1.54, 1.807) is 38.2 Å². The molecule has 0 radical (unpaired) electrons. The van der Waals surface area contributed by atoms with Gasteiger partial charge in [-0.25, -0.2) is 19.2 Å². The van der Waals surface area contributed by atoms with Crippen molar-refractivity contribution >= 4 is 23.9 Å². The summed E-state index contributed by atoms with van der Waals surface area (Å²) < 4.78 is 24.8. The zero-order valence-corrected chi connectivity index (χ0v) is 29.4. The predicted octanol–water partition coefficient (Wildman–Crippen LogP) is 6.87. The molecule has 1 spiro atoms. The van der Waals surface area contributed by atoms with Crippen LogP contribution in [-0.4, -0.2) is 74.0 Å². The Hall–Kier alpha value is -4.26. The van der Waals surface area contributed by atoms with E-state index in [4.69, 9.17) is 23.7 Å². The molecule has 12 heteroatoms. The molecule has 0 saturated carbocycles. The van der Waals surface area contributed by atoms with E-state index < -0.39 is 53.2 Å². The molecule has 2 fully saturated rings. The van der Waals surface area contributed by atoms with Crippen LogP contribution in [0.25, 0.3) is 0 Å². The number of ether oxygens (including phenoxy) is 3. The quantitative estimate of drug-likeness (QED) is 0.0797. The van der Waals surface area contributed by atoms with E-state index in [0.717, 1.165) is 42.9 Å². The summed E-state index contributed by atoms with van der Waals surface area (Å²) in [5.74, 6) is -5.81. The van der Waals surface area contributed by atoms with E-state index in [1.165, 1.54) is 6.08 Å². The molecule has 12 nitrogen and oxygen atoms in total. The number of carbonyl (C=O) groups excluding carboxylic acids is 1. The zero-order valence-electron chi connectivity index (χ0n) is 29.4. The zero-order chi connectivity index (χ0) is 37.1. The number of furan rings is 1. The maximum absolute atomic E-state index is 13.4. The molecule has 0 bridgehead atoms. The highest BCUT2D eigenvalue weighted by Crippen LogP contribution is 2.48. The number of aliphatic hydroxyl groups is 1. The van der Waals surface area contributed by atoms with Crippen LogP contribution in [0.4, 0.5) is 0 Å². The van der Waals surface area contributed by atoms with Crippen LogP contribution in [0.1, 0.15) is 107 Å². The summed E-state index contributed by atoms with van der Waals surface area (Å²) >= 11 is 0. The average molecular weight is 699 g/mol. The minimum atomic E-state index is -1.31. The Bertz CT molecular complexity index is 1510. The number of allylic oxidation sites excluding steroid dienone is 4. The molecule has 2 aliphatic rings. The lowest BCUT2D eigenvalue weighted by Gasteiger charge is -2.53. The maximum Gasteiger partial charge on any atom is 0.371 e. The van der Waals surface area contributed by atoms with Gasteiger partial charge < -0.3 is 39.1 Å². The van der Waals surface area contributed by atoms with E-state index in [9.17, 15) is 34.5 Å². The van der Waals surface area contributed by atoms with Gasteiger partial charge in [0.25, 0.3) is 0 Å². The third-order valence-electron chi connectivity index (χ3n) is 9.26. The number of aliphatic carboxylic acids is 2. The van der Waals surface area contributed by atoms with Crippen LogP contribution in [0.5, 0.6) is 0 Å². The summed E-state index contributed by atoms with van der Waals surface area (Å²) in [6.07, 6.45) is 16.2. The molecule has 0 aromatic carbocycles. The second-order valence-corrected chi connectivity index (χ2v) is 13.4. The van der Waals surface area contributed by atoms with Crippen LogP contribution in [0.3, 0.4) is 0 Å². The monoisotopic (exact) mass is 698 g/mol. The summed E-state index contributed by atoms with van der Waals surface area (Å²) in [7, 11) is 0. The number of hydrogen-bond acceptors (Lipinski definition) is 9. The van der Waals surface area contributed by atoms with Gasteiger partial charge in [-0.3, -0.25) is 0 Å². The molecule has 3 heterocycles. The van der Waals surface area contributed by atoms with Crippen molar-refractivity contribution in [3.63, 3.8) is 0 Å². The van der Waals surface area contributed by atoms with Gasteiger partial charge in [0.15, 0.2) is 5.79 Å². The van der Waals surface area contributed by atoms with Crippen LogP contribution in [0.15, 0.2) is 76.5 Å². The molecule has 3 rings (SSSR count). The first-order valence-corrected chi connectivity index (χ1v) is 17.0. The largest absolute Gasteiger partial charge is 0.478 e. The van der Waals surface area contributed by atoms with Crippen LogP contribution >= 0.6 is 0 Å². The van der Waals surface area contributed by atoms with Gasteiger partial charge in [-0.05, 0) is 57.4 Å². The van der Waals surface area contributed by atoms with Crippen LogP contribution < -0.4 is 0 Å². The Kier molecular flexibility index (Phi) is 14.6. The second-order valence-electron chi connectivity index (χ2n) is 13.4. The first-order chi connectivity index (χ1) is 23.6. The number of carboxylic acid groups (broad SMARTS) is 3. The highest BCUT2D eigenvalue weighted by atomic mass is 16.7. The number of aromatic carboxylic acids is 1. The lowest BCUT2D eigenvalue weighted by atomic mass is 9.78. The lowest BCUT2D eigenvalue weighted by Crippen LogP contribution is -2.59. The molecule has 0 aliphatic carbocycles. The molecule has 1 aromatic heterocycles. The number of carboxylic acids is 3. The number of hydrogen-bond donors (Lipinski definition) is 4. The van der Waals surface area contributed by atoms with Crippen LogP contribution in [0, 0.1) is 11.8 Å². The van der Waals surface area contributed by atoms with E-state index in [2.05, 4.69) is 6.92 Å². The average Bonchev–Trinajstić information content (AvgIpc) is 3.57. The van der Waals surface area contributed by atoms with Gasteiger partial charge in [-0.2, -0.15) is 0 Å². The predicted molar refractivity (Wildman–Crippen MR) is 183 cm³/mol. The Morgan fingerprint density at radius 3 is 2.38 bits per heavy atom. The van der Waals surface area contributed by atoms with E-state index >= 15 is 0 Å². The first kappa shape index (κ1) is 40.2. The van der Waals surface area contributed by atoms with E-state index in [1.807, 2.05) is 19.9 Å². The van der Waals surface area contributed by atoms with E-state index in [0.29, 0.717) is 44.1 Å². The van der Waals surface area contributed by atoms with Crippen molar-refractivity contribution in [2.24, 2.45) is 11.8 Å². The SMILES string of the molecule is CCCC[C@@]1(OC(=O)c2coc(C(=O)O)c2)CC[C@]2(CC[C@H](C)[C@@H](CC=C(C)C=C[C@H](O)[C@@H](C)C=CC(=O)O)O2)O[C@H]1C=CC(C)=CC(=O)O. The van der Waals surface area contributed by atoms with Crippen molar-refractivity contribution in [3.8, 4) is 0 Å². The molecule has 2 aliphatic heterocycles. The smallest absolute Gasteiger partial charge is 0.371 e. The third kappa shape index (κ3) is 11.4. The number of unbranched alkanes of at least 4 members (excludes halogenated alkanes) is 1. The summed E-state index contributed by atoms with van der Waals surface area (Å²) in [6.45, 7) is 9.41. The Balaban J connectivity index is 1.87. The fourth-order valence-electron chi connectivity index (χ4n) is 6.12. The summed E-state index contributed by atoms with van der Waals surface area (Å²) in [5.41, 5.74) is 0.163. The molecular formula is C38H50O12. The third-order valence-corrected chi connectivity index (χ3v) is 9.26. The number of rotatable bonds is 16. The topological polar surface area (TPSA) is 190 Å². The number of carbonyl (C=O) groups is 4. The minimum Gasteiger partial charge on any atom is -0.478 e. The Morgan fingerprint density at radius 1 is 1.00 bits per heavy atom. The highest BCUT2D eigenvalue weighted by Gasteiger charge is 2.54. The van der Waals surface area contributed by atoms with Gasteiger partial charge in [-0.1, -0.05) is 69.2 Å². The standard InChI is InChI=1S/C38H50O12/c1-6-7-17-37(50-36(46)28-22-31(35(44)45)47-23-28)19-20-38(49-32(37)14-10-25(3)21-34(42)43)18-16-27(5)30(48-38)13-9-24(2)8-12-29(39)26(4)11-15-33(40)41/h8-12,14-15,21-23,26-27,29-30,32,39H,6-7,13,16-20H2,1-5H3,(H,40,41)(H,42,43)(H,44,45)/t26-,27-,29-,30+,32-,37+,38-/m0/s1. The summed E-state index contributed by atoms with van der Waals surface area (Å²) in [5, 5.41) is 37.8. The molecule has 1 aromatic rings. The van der Waals surface area contributed by atoms with Crippen molar-refractivity contribution in [1.82, 2.24) is 0 Å². The maximum atomic E-state index is 13.4. The van der Waals surface area contributed by atoms with Gasteiger partial charge in [-0.15, -0.1) is 0 Å². The van der Waals surface area contributed by atoms with Crippen molar-refractivity contribution < 1.29 is 58.2 Å². The lowest BCUT2D eigenvalue weighted by molar-refractivity contribution is -0.343. The van der Waals surface area contributed by atoms with Gasteiger partial charge in [0, 0.05) is 37.0 Å². The van der Waals surface area contributed by atoms with Crippen molar-refractivity contribution in [2.45, 2.75) is 116 Å². The van der Waals surface area contributed by atoms with Crippen LogP contribution in [-0.2, 0) is 23.8 Å². The summed E-state index contributed by atoms with van der Waals surface area (Å²) in [6, 6.07) is 1.12. The second kappa shape index (κ2) is 18.1. The molecule has 0 unspecified atom stereocenters. The molecular weight excluding hydrogens is 648 g/mol. The number of esters is 1.